The number of para-hydroxylation sites is 2. The van der Waals surface area contributed by atoms with Gasteiger partial charge < -0.3 is 14.6 Å². The van der Waals surface area contributed by atoms with Gasteiger partial charge in [0.25, 0.3) is 5.91 Å². The predicted octanol–water partition coefficient (Wildman–Crippen LogP) is 4.15. The number of anilines is 1. The molecule has 7 heteroatoms. The molecule has 1 N–H and O–H groups in total. The average molecular weight is 516 g/mol. The first-order valence-corrected chi connectivity index (χ1v) is 11.6. The Balaban J connectivity index is 1.48. The van der Waals surface area contributed by atoms with Crippen molar-refractivity contribution >= 4 is 45.3 Å². The molecule has 4 heterocycles. The summed E-state index contributed by atoms with van der Waals surface area (Å²) in [6.45, 7) is 2.27. The largest absolute Gasteiger partial charge is 0.436 e. The highest BCUT2D eigenvalue weighted by Gasteiger charge is 2.41. The van der Waals surface area contributed by atoms with Gasteiger partial charge in [-0.3, -0.25) is 9.69 Å². The summed E-state index contributed by atoms with van der Waals surface area (Å²) in [5, 5.41) is 3.31. The van der Waals surface area contributed by atoms with E-state index in [4.69, 9.17) is 9.40 Å². The van der Waals surface area contributed by atoms with Crippen molar-refractivity contribution in [2.24, 2.45) is 5.92 Å². The highest BCUT2D eigenvalue weighted by Crippen LogP contribution is 2.36. The highest BCUT2D eigenvalue weighted by molar-refractivity contribution is 14.1. The number of halogens is 1. The number of rotatable bonds is 4. The number of piperidine rings is 3. The molecule has 2 aromatic carbocycles. The summed E-state index contributed by atoms with van der Waals surface area (Å²) in [6, 6.07) is 13.7. The van der Waals surface area contributed by atoms with Crippen LogP contribution in [0.4, 0.5) is 5.69 Å². The summed E-state index contributed by atoms with van der Waals surface area (Å²) in [7, 11) is 3.99. The van der Waals surface area contributed by atoms with Crippen LogP contribution in [0.25, 0.3) is 22.6 Å². The lowest BCUT2D eigenvalue weighted by molar-refractivity contribution is 0.0554. The smallest absolute Gasteiger partial charge is 0.253 e. The van der Waals surface area contributed by atoms with E-state index in [9.17, 15) is 4.79 Å². The molecule has 3 aliphatic heterocycles. The number of oxazole rings is 1. The van der Waals surface area contributed by atoms with Crippen LogP contribution < -0.4 is 10.2 Å². The van der Waals surface area contributed by atoms with Gasteiger partial charge in [0.1, 0.15) is 5.52 Å². The second kappa shape index (κ2) is 7.85. The standard InChI is InChI=1S/C23H25IN4O2/c1-27(2)17-8-4-3-6-15(17)23-26-20-16(7-5-9-18(20)30-23)22(29)25-19-14-10-12-28(13-11-14)21(19)24/h3-9,14,19,21H,10-13H2,1-2H3,(H,25,29). The highest BCUT2D eigenvalue weighted by atomic mass is 127. The number of fused-ring (bicyclic) bond motifs is 4. The maximum atomic E-state index is 13.2. The Morgan fingerprint density at radius 1 is 1.17 bits per heavy atom. The third kappa shape index (κ3) is 3.37. The van der Waals surface area contributed by atoms with Crippen molar-refractivity contribution in [3.63, 3.8) is 0 Å². The van der Waals surface area contributed by atoms with E-state index in [1.807, 2.05) is 61.5 Å². The zero-order valence-electron chi connectivity index (χ0n) is 17.1. The molecule has 0 aliphatic carbocycles. The lowest BCUT2D eigenvalue weighted by atomic mass is 9.84. The Kier molecular flexibility index (Phi) is 5.18. The van der Waals surface area contributed by atoms with Gasteiger partial charge in [-0.2, -0.15) is 0 Å². The first kappa shape index (κ1) is 19.8. The third-order valence-electron chi connectivity index (χ3n) is 6.30. The van der Waals surface area contributed by atoms with Crippen molar-refractivity contribution in [1.82, 2.24) is 15.2 Å². The van der Waals surface area contributed by atoms with Gasteiger partial charge in [0, 0.05) is 19.8 Å². The molecule has 6 nitrogen and oxygen atoms in total. The average Bonchev–Trinajstić information content (AvgIpc) is 3.20. The summed E-state index contributed by atoms with van der Waals surface area (Å²) >= 11 is 2.48. The fraction of sp³-hybridized carbons (Fsp3) is 0.391. The fourth-order valence-corrected chi connectivity index (χ4v) is 6.01. The summed E-state index contributed by atoms with van der Waals surface area (Å²) in [6.07, 6.45) is 2.31. The summed E-state index contributed by atoms with van der Waals surface area (Å²) in [5.41, 5.74) is 3.76. The van der Waals surface area contributed by atoms with Crippen molar-refractivity contribution in [2.75, 3.05) is 32.1 Å². The van der Waals surface area contributed by atoms with Crippen LogP contribution in [0.3, 0.4) is 0 Å². The minimum atomic E-state index is -0.0678. The molecule has 2 atom stereocenters. The molecule has 2 bridgehead atoms. The van der Waals surface area contributed by atoms with Crippen LogP contribution in [-0.4, -0.2) is 53.1 Å². The Labute approximate surface area is 189 Å². The maximum Gasteiger partial charge on any atom is 0.253 e. The number of carbonyl (C=O) groups is 1. The molecule has 0 spiro atoms. The fourth-order valence-electron chi connectivity index (χ4n) is 4.68. The first-order valence-electron chi connectivity index (χ1n) is 10.4. The van der Waals surface area contributed by atoms with Crippen molar-refractivity contribution in [3.8, 4) is 11.5 Å². The van der Waals surface area contributed by atoms with Gasteiger partial charge in [0.15, 0.2) is 5.58 Å². The molecular weight excluding hydrogens is 491 g/mol. The van der Waals surface area contributed by atoms with E-state index >= 15 is 0 Å². The van der Waals surface area contributed by atoms with Gasteiger partial charge in [0.05, 0.1) is 21.2 Å². The molecule has 30 heavy (non-hydrogen) atoms. The second-order valence-corrected chi connectivity index (χ2v) is 9.60. The van der Waals surface area contributed by atoms with Crippen molar-refractivity contribution < 1.29 is 9.21 Å². The number of nitrogens with zero attached hydrogens (tertiary/aromatic N) is 3. The van der Waals surface area contributed by atoms with Crippen LogP contribution in [0.15, 0.2) is 46.9 Å². The number of carbonyl (C=O) groups excluding carboxylic acids is 1. The maximum absolute atomic E-state index is 13.2. The SMILES string of the molecule is CN(C)c1ccccc1-c1nc2c(C(=O)NC3C4CCN(CC4)C3I)cccc2o1. The molecule has 3 saturated heterocycles. The van der Waals surface area contributed by atoms with Gasteiger partial charge in [-0.1, -0.05) is 40.8 Å². The molecule has 1 amide bonds. The van der Waals surface area contributed by atoms with Crippen LogP contribution in [0.1, 0.15) is 23.2 Å². The van der Waals surface area contributed by atoms with E-state index in [1.54, 1.807) is 0 Å². The molecule has 3 fully saturated rings. The van der Waals surface area contributed by atoms with Crippen LogP contribution in [0.2, 0.25) is 0 Å². The lowest BCUT2D eigenvalue weighted by Gasteiger charge is -2.48. The molecule has 1 aromatic heterocycles. The van der Waals surface area contributed by atoms with Gasteiger partial charge in [0.2, 0.25) is 5.89 Å². The number of hydrogen-bond acceptors (Lipinski definition) is 5. The first-order chi connectivity index (χ1) is 14.5. The zero-order valence-corrected chi connectivity index (χ0v) is 19.3. The Morgan fingerprint density at radius 2 is 1.93 bits per heavy atom. The van der Waals surface area contributed by atoms with Crippen molar-refractivity contribution in [2.45, 2.75) is 22.9 Å². The minimum absolute atomic E-state index is 0.0678. The van der Waals surface area contributed by atoms with Crippen LogP contribution in [0, 0.1) is 5.92 Å². The molecule has 6 rings (SSSR count). The van der Waals surface area contributed by atoms with E-state index in [0.717, 1.165) is 37.2 Å². The number of nitrogens with one attached hydrogen (secondary N) is 1. The summed E-state index contributed by atoms with van der Waals surface area (Å²) < 4.78 is 6.41. The number of benzene rings is 2. The summed E-state index contributed by atoms with van der Waals surface area (Å²) in [5.74, 6) is 1.02. The Morgan fingerprint density at radius 3 is 2.67 bits per heavy atom. The molecule has 0 radical (unpaired) electrons. The van der Waals surface area contributed by atoms with E-state index in [0.29, 0.717) is 32.5 Å². The predicted molar refractivity (Wildman–Crippen MR) is 127 cm³/mol. The second-order valence-electron chi connectivity index (χ2n) is 8.33. The molecule has 3 aliphatic rings. The lowest BCUT2D eigenvalue weighted by Crippen LogP contribution is -2.61. The van der Waals surface area contributed by atoms with Crippen LogP contribution in [-0.2, 0) is 0 Å². The van der Waals surface area contributed by atoms with E-state index < -0.39 is 0 Å². The molecular formula is C23H25IN4O2. The van der Waals surface area contributed by atoms with Gasteiger partial charge in [-0.15, -0.1) is 0 Å². The van der Waals surface area contributed by atoms with Crippen LogP contribution >= 0.6 is 22.6 Å². The molecule has 156 valence electrons. The van der Waals surface area contributed by atoms with Gasteiger partial charge in [-0.05, 0) is 56.1 Å². The van der Waals surface area contributed by atoms with Gasteiger partial charge >= 0.3 is 0 Å². The van der Waals surface area contributed by atoms with Crippen molar-refractivity contribution in [1.29, 1.82) is 0 Å². The van der Waals surface area contributed by atoms with Crippen LogP contribution in [0.5, 0.6) is 0 Å². The number of hydrogen-bond donors (Lipinski definition) is 1. The number of aromatic nitrogens is 1. The zero-order chi connectivity index (χ0) is 20.8. The van der Waals surface area contributed by atoms with E-state index in [2.05, 4.69) is 32.8 Å². The van der Waals surface area contributed by atoms with Crippen molar-refractivity contribution in [3.05, 3.63) is 48.0 Å². The van der Waals surface area contributed by atoms with E-state index in [-0.39, 0.29) is 11.9 Å². The quantitative estimate of drug-likeness (QED) is 0.321. The summed E-state index contributed by atoms with van der Waals surface area (Å²) in [4.78, 5) is 22.5. The van der Waals surface area contributed by atoms with E-state index in [1.165, 1.54) is 0 Å². The molecule has 0 saturated carbocycles. The monoisotopic (exact) mass is 516 g/mol. The molecule has 3 aromatic rings. The van der Waals surface area contributed by atoms with Gasteiger partial charge in [-0.25, -0.2) is 4.98 Å². The third-order valence-corrected chi connectivity index (χ3v) is 7.87. The molecule has 2 unspecified atom stereocenters. The normalized spacial score (nSPS) is 25.4. The minimum Gasteiger partial charge on any atom is -0.436 e. The Hall–Kier alpha value is -2.13. The number of alkyl halides is 1. The topological polar surface area (TPSA) is 61.6 Å². The number of amides is 1. The Bertz CT molecular complexity index is 1090.